The minimum absolute atomic E-state index is 0.0593. The van der Waals surface area contributed by atoms with Crippen molar-refractivity contribution >= 4 is 23.7 Å². The normalized spacial score (nSPS) is 22.6. The number of rotatable bonds is 11. The first-order chi connectivity index (χ1) is 17.7. The van der Waals surface area contributed by atoms with Gasteiger partial charge in [0, 0.05) is 56.9 Å². The molecule has 2 aliphatic rings. The van der Waals surface area contributed by atoms with Gasteiger partial charge in [-0.1, -0.05) is 23.7 Å². The van der Waals surface area contributed by atoms with Crippen molar-refractivity contribution in [3.8, 4) is 0 Å². The maximum absolute atomic E-state index is 15.1. The second-order valence-corrected chi connectivity index (χ2v) is 10.6. The van der Waals surface area contributed by atoms with Gasteiger partial charge in [-0.15, -0.1) is 0 Å². The number of urea groups is 1. The molecule has 0 radical (unpaired) electrons. The van der Waals surface area contributed by atoms with Gasteiger partial charge in [-0.3, -0.25) is 0 Å². The first kappa shape index (κ1) is 29.4. The highest BCUT2D eigenvalue weighted by atomic mass is 35.5. The van der Waals surface area contributed by atoms with Crippen molar-refractivity contribution < 1.29 is 28.9 Å². The van der Waals surface area contributed by atoms with E-state index in [0.29, 0.717) is 44.9 Å². The van der Waals surface area contributed by atoms with Crippen molar-refractivity contribution in [1.82, 2.24) is 20.9 Å². The van der Waals surface area contributed by atoms with E-state index in [0.717, 1.165) is 25.9 Å². The summed E-state index contributed by atoms with van der Waals surface area (Å²) in [6.45, 7) is 3.03. The molecule has 4 atom stereocenters. The highest BCUT2D eigenvalue weighted by Crippen LogP contribution is 2.41. The molecule has 2 fully saturated rings. The van der Waals surface area contributed by atoms with E-state index in [1.54, 1.807) is 11.0 Å². The van der Waals surface area contributed by atoms with Gasteiger partial charge >= 0.3 is 12.1 Å². The highest BCUT2D eigenvalue weighted by molar-refractivity contribution is 6.30. The van der Waals surface area contributed by atoms with Gasteiger partial charge in [0.2, 0.25) is 0 Å². The Morgan fingerprint density at radius 1 is 1.32 bits per heavy atom. The molecule has 1 aromatic carbocycles. The Morgan fingerprint density at radius 2 is 2.14 bits per heavy atom. The number of carboxylic acid groups (broad SMARTS) is 1. The summed E-state index contributed by atoms with van der Waals surface area (Å²) in [4.78, 5) is 25.8. The molecule has 0 spiro atoms. The number of aliphatic hydroxyl groups is 1. The Bertz CT molecular complexity index is 904. The molecule has 0 aliphatic carbocycles. The minimum atomic E-state index is -1.61. The average molecular weight is 543 g/mol. The van der Waals surface area contributed by atoms with Crippen molar-refractivity contribution in [3.05, 3.63) is 34.6 Å². The van der Waals surface area contributed by atoms with Crippen LogP contribution in [0, 0.1) is 17.7 Å². The van der Waals surface area contributed by atoms with E-state index >= 15 is 4.39 Å². The van der Waals surface area contributed by atoms with E-state index < -0.39 is 23.4 Å². The molecule has 0 saturated carbocycles. The quantitative estimate of drug-likeness (QED) is 0.273. The lowest BCUT2D eigenvalue weighted by Gasteiger charge is -2.43. The second kappa shape index (κ2) is 14.1. The lowest BCUT2D eigenvalue weighted by molar-refractivity contribution is -0.0576. The van der Waals surface area contributed by atoms with E-state index in [9.17, 15) is 14.7 Å². The number of hydrogen-bond acceptors (Lipinski definition) is 5. The summed E-state index contributed by atoms with van der Waals surface area (Å²) in [5.74, 6) is -0.737. The van der Waals surface area contributed by atoms with Crippen LogP contribution in [0.25, 0.3) is 0 Å². The van der Waals surface area contributed by atoms with Gasteiger partial charge in [-0.05, 0) is 64.0 Å². The summed E-state index contributed by atoms with van der Waals surface area (Å²) in [5, 5.41) is 29.3. The Balaban J connectivity index is 1.72. The third-order valence-corrected chi connectivity index (χ3v) is 7.76. The molecule has 0 bridgehead atoms. The SMILES string of the molecule is CNC[C@H](C[C@H]1CCCOC1)NC(=O)N1CCC[C@@H]([C@@](O)(CCCNC(=O)O)c2cccc(Cl)c2F)C1. The van der Waals surface area contributed by atoms with Gasteiger partial charge in [-0.2, -0.15) is 0 Å². The smallest absolute Gasteiger partial charge is 0.404 e. The Morgan fingerprint density at radius 3 is 2.84 bits per heavy atom. The average Bonchev–Trinajstić information content (AvgIpc) is 2.89. The molecule has 3 amide bonds. The van der Waals surface area contributed by atoms with Crippen LogP contribution in [-0.2, 0) is 10.3 Å². The predicted octanol–water partition coefficient (Wildman–Crippen LogP) is 3.54. The van der Waals surface area contributed by atoms with Gasteiger partial charge < -0.3 is 35.8 Å². The zero-order chi connectivity index (χ0) is 26.8. The minimum Gasteiger partial charge on any atom is -0.465 e. The number of carbonyl (C=O) groups excluding carboxylic acids is 1. The molecule has 11 heteroatoms. The summed E-state index contributed by atoms with van der Waals surface area (Å²) in [6.07, 6.45) is 3.43. The summed E-state index contributed by atoms with van der Waals surface area (Å²) < 4.78 is 20.7. The number of nitrogens with zero attached hydrogens (tertiary/aromatic N) is 1. The number of hydrogen-bond donors (Lipinski definition) is 5. The Kier molecular flexibility index (Phi) is 11.2. The molecule has 1 aromatic rings. The molecule has 37 heavy (non-hydrogen) atoms. The molecule has 2 saturated heterocycles. The molecule has 3 rings (SSSR count). The van der Waals surface area contributed by atoms with Gasteiger partial charge in [0.25, 0.3) is 0 Å². The molecule has 0 unspecified atom stereocenters. The standard InChI is InChI=1S/C26H40ClFN4O5/c1-29-15-20(14-18-6-4-13-37-17-18)31-24(33)32-12-3-7-19(16-32)26(36,10-5-11-30-25(34)35)21-8-2-9-22(27)23(21)28/h2,8-9,18-20,29-30,36H,3-7,10-17H2,1H3,(H,31,33)(H,34,35)/t18-,19-,20+,26+/m1/s1. The molecule has 9 nitrogen and oxygen atoms in total. The number of likely N-dealkylation sites (tertiary alicyclic amines) is 1. The van der Waals surface area contributed by atoms with E-state index in [1.807, 2.05) is 7.05 Å². The number of likely N-dealkylation sites (N-methyl/N-ethyl adjacent to an activating group) is 1. The lowest BCUT2D eigenvalue weighted by Crippen LogP contribution is -2.54. The Hall–Kier alpha value is -2.14. The zero-order valence-electron chi connectivity index (χ0n) is 21.5. The summed E-state index contributed by atoms with van der Waals surface area (Å²) in [6, 6.07) is 4.26. The number of carbonyl (C=O) groups is 2. The summed E-state index contributed by atoms with van der Waals surface area (Å²) in [5.41, 5.74) is -1.54. The number of piperidine rings is 1. The van der Waals surface area contributed by atoms with Crippen molar-refractivity contribution in [1.29, 1.82) is 0 Å². The predicted molar refractivity (Wildman–Crippen MR) is 139 cm³/mol. The number of amides is 3. The van der Waals surface area contributed by atoms with Crippen LogP contribution in [0.3, 0.4) is 0 Å². The van der Waals surface area contributed by atoms with Crippen LogP contribution in [0.2, 0.25) is 5.02 Å². The molecular weight excluding hydrogens is 503 g/mol. The number of nitrogens with one attached hydrogen (secondary N) is 3. The van der Waals surface area contributed by atoms with Crippen LogP contribution in [0.5, 0.6) is 0 Å². The fraction of sp³-hybridized carbons (Fsp3) is 0.692. The highest BCUT2D eigenvalue weighted by Gasteiger charge is 2.43. The van der Waals surface area contributed by atoms with Gasteiger partial charge in [-0.25, -0.2) is 14.0 Å². The number of benzene rings is 1. The zero-order valence-corrected chi connectivity index (χ0v) is 22.2. The van der Waals surface area contributed by atoms with Crippen molar-refractivity contribution in [2.45, 2.75) is 56.6 Å². The summed E-state index contributed by atoms with van der Waals surface area (Å²) >= 11 is 6.04. The van der Waals surface area contributed by atoms with E-state index in [1.165, 1.54) is 12.1 Å². The van der Waals surface area contributed by atoms with Gasteiger partial charge in [0.05, 0.1) is 10.6 Å². The van der Waals surface area contributed by atoms with Crippen molar-refractivity contribution in [2.75, 3.05) is 46.4 Å². The largest absolute Gasteiger partial charge is 0.465 e. The van der Waals surface area contributed by atoms with Crippen LogP contribution in [0.1, 0.15) is 50.5 Å². The van der Waals surface area contributed by atoms with Gasteiger partial charge in [0.1, 0.15) is 5.82 Å². The van der Waals surface area contributed by atoms with E-state index in [4.69, 9.17) is 21.4 Å². The fourth-order valence-corrected chi connectivity index (χ4v) is 5.78. The van der Waals surface area contributed by atoms with Crippen LogP contribution in [0.4, 0.5) is 14.0 Å². The first-order valence-electron chi connectivity index (χ1n) is 13.2. The molecule has 208 valence electrons. The molecule has 2 aliphatic heterocycles. The maximum Gasteiger partial charge on any atom is 0.404 e. The fourth-order valence-electron chi connectivity index (χ4n) is 5.60. The van der Waals surface area contributed by atoms with Crippen LogP contribution in [-0.4, -0.2) is 79.7 Å². The third-order valence-electron chi connectivity index (χ3n) is 7.46. The molecule has 2 heterocycles. The van der Waals surface area contributed by atoms with Gasteiger partial charge in [0.15, 0.2) is 0 Å². The molecule has 0 aromatic heterocycles. The monoisotopic (exact) mass is 542 g/mol. The van der Waals surface area contributed by atoms with Crippen LogP contribution in [0.15, 0.2) is 18.2 Å². The maximum atomic E-state index is 15.1. The number of halogens is 2. The summed E-state index contributed by atoms with van der Waals surface area (Å²) in [7, 11) is 1.85. The Labute approximate surface area is 223 Å². The topological polar surface area (TPSA) is 123 Å². The third kappa shape index (κ3) is 8.17. The first-order valence-corrected chi connectivity index (χ1v) is 13.5. The van der Waals surface area contributed by atoms with Crippen molar-refractivity contribution in [3.63, 3.8) is 0 Å². The molecular formula is C26H40ClFN4O5. The lowest BCUT2D eigenvalue weighted by atomic mass is 9.74. The van der Waals surface area contributed by atoms with E-state index in [2.05, 4.69) is 16.0 Å². The van der Waals surface area contributed by atoms with Crippen LogP contribution < -0.4 is 16.0 Å². The van der Waals surface area contributed by atoms with Crippen molar-refractivity contribution in [2.24, 2.45) is 11.8 Å². The second-order valence-electron chi connectivity index (χ2n) is 10.2. The van der Waals surface area contributed by atoms with E-state index in [-0.39, 0.29) is 42.2 Å². The molecule has 5 N–H and O–H groups in total. The van der Waals surface area contributed by atoms with Crippen LogP contribution >= 0.6 is 11.6 Å². The number of ether oxygens (including phenoxy) is 1.